The normalized spacial score (nSPS) is 23.8. The predicted octanol–water partition coefficient (Wildman–Crippen LogP) is 1.59. The van der Waals surface area contributed by atoms with Gasteiger partial charge in [0.05, 0.1) is 6.61 Å². The number of ether oxygens (including phenoxy) is 1. The average molecular weight is 149 g/mol. The van der Waals surface area contributed by atoms with Crippen LogP contribution in [0.15, 0.2) is 24.5 Å². The summed E-state index contributed by atoms with van der Waals surface area (Å²) in [4.78, 5) is 3.98. The lowest BCUT2D eigenvalue weighted by Crippen LogP contribution is -1.96. The number of pyridine rings is 1. The second-order valence-corrected chi connectivity index (χ2v) is 2.84. The minimum atomic E-state index is 0.609. The van der Waals surface area contributed by atoms with Gasteiger partial charge in [0.2, 0.25) is 0 Å². The van der Waals surface area contributed by atoms with Crippen LogP contribution in [0.2, 0.25) is 0 Å². The van der Waals surface area contributed by atoms with E-state index < -0.39 is 0 Å². The van der Waals surface area contributed by atoms with Gasteiger partial charge in [-0.1, -0.05) is 0 Å². The molecule has 0 radical (unpaired) electrons. The third-order valence-electron chi connectivity index (χ3n) is 2.11. The maximum atomic E-state index is 5.29. The monoisotopic (exact) mass is 149 g/mol. The Kier molecular flexibility index (Phi) is 1.86. The first kappa shape index (κ1) is 6.80. The molecule has 2 heteroatoms. The predicted molar refractivity (Wildman–Crippen MR) is 42.4 cm³/mol. The summed E-state index contributed by atoms with van der Waals surface area (Å²) in [5.41, 5.74) is 1.36. The molecule has 0 spiro atoms. The highest BCUT2D eigenvalue weighted by atomic mass is 16.5. The first-order valence-corrected chi connectivity index (χ1v) is 3.94. The zero-order valence-corrected chi connectivity index (χ0v) is 6.36. The lowest BCUT2D eigenvalue weighted by atomic mass is 10.0. The topological polar surface area (TPSA) is 22.1 Å². The Morgan fingerprint density at radius 1 is 1.36 bits per heavy atom. The minimum Gasteiger partial charge on any atom is -0.381 e. The minimum absolute atomic E-state index is 0.609. The van der Waals surface area contributed by atoms with Crippen molar-refractivity contribution in [2.24, 2.45) is 0 Å². The van der Waals surface area contributed by atoms with Gasteiger partial charge in [-0.15, -0.1) is 0 Å². The van der Waals surface area contributed by atoms with Gasteiger partial charge in [-0.25, -0.2) is 0 Å². The van der Waals surface area contributed by atoms with Gasteiger partial charge in [0.15, 0.2) is 0 Å². The number of nitrogens with zero attached hydrogens (tertiary/aromatic N) is 1. The fraction of sp³-hybridized carbons (Fsp3) is 0.444. The molecule has 1 saturated heterocycles. The Balaban J connectivity index is 2.16. The van der Waals surface area contributed by atoms with Crippen molar-refractivity contribution in [2.45, 2.75) is 12.3 Å². The molecule has 2 nitrogen and oxygen atoms in total. The Morgan fingerprint density at radius 2 is 2.18 bits per heavy atom. The van der Waals surface area contributed by atoms with Crippen LogP contribution in [-0.4, -0.2) is 18.2 Å². The van der Waals surface area contributed by atoms with Gasteiger partial charge in [-0.3, -0.25) is 4.98 Å². The molecule has 0 N–H and O–H groups in total. The molecular formula is C9H11NO. The Hall–Kier alpha value is -0.890. The highest BCUT2D eigenvalue weighted by molar-refractivity contribution is 5.16. The van der Waals surface area contributed by atoms with Gasteiger partial charge >= 0.3 is 0 Å². The van der Waals surface area contributed by atoms with Gasteiger partial charge in [-0.05, 0) is 24.1 Å². The summed E-state index contributed by atoms with van der Waals surface area (Å²) in [6.45, 7) is 1.79. The molecule has 0 amide bonds. The van der Waals surface area contributed by atoms with Crippen molar-refractivity contribution in [1.82, 2.24) is 4.98 Å². The molecule has 0 aromatic carbocycles. The molecule has 0 bridgehead atoms. The van der Waals surface area contributed by atoms with E-state index in [4.69, 9.17) is 4.74 Å². The van der Waals surface area contributed by atoms with Crippen LogP contribution in [0.4, 0.5) is 0 Å². The van der Waals surface area contributed by atoms with Crippen molar-refractivity contribution in [1.29, 1.82) is 0 Å². The number of hydrogen-bond acceptors (Lipinski definition) is 2. The Morgan fingerprint density at radius 3 is 2.82 bits per heavy atom. The van der Waals surface area contributed by atoms with E-state index in [1.165, 1.54) is 5.56 Å². The van der Waals surface area contributed by atoms with Crippen LogP contribution in [0.25, 0.3) is 0 Å². The summed E-state index contributed by atoms with van der Waals surface area (Å²) in [5.74, 6) is 0.609. The molecule has 2 heterocycles. The van der Waals surface area contributed by atoms with Crippen LogP contribution in [0.1, 0.15) is 17.9 Å². The van der Waals surface area contributed by atoms with E-state index in [0.717, 1.165) is 19.6 Å². The number of rotatable bonds is 1. The highest BCUT2D eigenvalue weighted by Crippen LogP contribution is 2.23. The van der Waals surface area contributed by atoms with E-state index in [2.05, 4.69) is 17.1 Å². The van der Waals surface area contributed by atoms with Crippen molar-refractivity contribution >= 4 is 0 Å². The lowest BCUT2D eigenvalue weighted by Gasteiger charge is -2.05. The molecule has 1 unspecified atom stereocenters. The summed E-state index contributed by atoms with van der Waals surface area (Å²) >= 11 is 0. The van der Waals surface area contributed by atoms with Crippen molar-refractivity contribution in [3.63, 3.8) is 0 Å². The molecule has 0 saturated carbocycles. The fourth-order valence-electron chi connectivity index (χ4n) is 1.43. The van der Waals surface area contributed by atoms with Crippen molar-refractivity contribution in [2.75, 3.05) is 13.2 Å². The van der Waals surface area contributed by atoms with Crippen LogP contribution in [0.3, 0.4) is 0 Å². The van der Waals surface area contributed by atoms with E-state index >= 15 is 0 Å². The van der Waals surface area contributed by atoms with Gasteiger partial charge in [0.25, 0.3) is 0 Å². The summed E-state index contributed by atoms with van der Waals surface area (Å²) in [5, 5.41) is 0. The quantitative estimate of drug-likeness (QED) is 0.605. The molecule has 1 aromatic rings. The Bertz CT molecular complexity index is 216. The van der Waals surface area contributed by atoms with Crippen molar-refractivity contribution < 1.29 is 4.74 Å². The van der Waals surface area contributed by atoms with Gasteiger partial charge in [0, 0.05) is 24.9 Å². The van der Waals surface area contributed by atoms with Gasteiger partial charge in [-0.2, -0.15) is 0 Å². The summed E-state index contributed by atoms with van der Waals surface area (Å²) in [6, 6.07) is 4.14. The zero-order chi connectivity index (χ0) is 7.52. The fourth-order valence-corrected chi connectivity index (χ4v) is 1.43. The molecule has 11 heavy (non-hydrogen) atoms. The maximum Gasteiger partial charge on any atom is 0.0535 e. The third kappa shape index (κ3) is 1.40. The van der Waals surface area contributed by atoms with Crippen LogP contribution >= 0.6 is 0 Å². The zero-order valence-electron chi connectivity index (χ0n) is 6.36. The summed E-state index contributed by atoms with van der Waals surface area (Å²) in [7, 11) is 0. The van der Waals surface area contributed by atoms with Crippen molar-refractivity contribution in [3.05, 3.63) is 30.1 Å². The molecule has 1 aliphatic rings. The SMILES string of the molecule is c1cc(C2CCOC2)ccn1. The molecule has 1 atom stereocenters. The first-order valence-electron chi connectivity index (χ1n) is 3.94. The molecule has 1 aromatic heterocycles. The molecule has 2 rings (SSSR count). The Labute approximate surface area is 66.2 Å². The van der Waals surface area contributed by atoms with E-state index in [9.17, 15) is 0 Å². The summed E-state index contributed by atoms with van der Waals surface area (Å²) < 4.78 is 5.29. The average Bonchev–Trinajstić information content (AvgIpc) is 2.58. The second-order valence-electron chi connectivity index (χ2n) is 2.84. The molecule has 58 valence electrons. The first-order chi connectivity index (χ1) is 5.47. The third-order valence-corrected chi connectivity index (χ3v) is 2.11. The highest BCUT2D eigenvalue weighted by Gasteiger charge is 2.16. The maximum absolute atomic E-state index is 5.29. The molecule has 0 aliphatic carbocycles. The van der Waals surface area contributed by atoms with Gasteiger partial charge < -0.3 is 4.74 Å². The second kappa shape index (κ2) is 3.01. The van der Waals surface area contributed by atoms with Crippen molar-refractivity contribution in [3.8, 4) is 0 Å². The number of aromatic nitrogens is 1. The smallest absolute Gasteiger partial charge is 0.0535 e. The van der Waals surface area contributed by atoms with Crippen LogP contribution in [0, 0.1) is 0 Å². The molecular weight excluding hydrogens is 138 g/mol. The lowest BCUT2D eigenvalue weighted by molar-refractivity contribution is 0.194. The largest absolute Gasteiger partial charge is 0.381 e. The van der Waals surface area contributed by atoms with Crippen LogP contribution in [-0.2, 0) is 4.74 Å². The van der Waals surface area contributed by atoms with E-state index in [-0.39, 0.29) is 0 Å². The van der Waals surface area contributed by atoms with E-state index in [1.54, 1.807) is 0 Å². The molecule has 1 fully saturated rings. The van der Waals surface area contributed by atoms with E-state index in [0.29, 0.717) is 5.92 Å². The van der Waals surface area contributed by atoms with Gasteiger partial charge in [0.1, 0.15) is 0 Å². The van der Waals surface area contributed by atoms with Crippen LogP contribution < -0.4 is 0 Å². The standard InChI is InChI=1S/C9H11NO/c1-4-10-5-2-8(1)9-3-6-11-7-9/h1-2,4-5,9H,3,6-7H2. The number of hydrogen-bond donors (Lipinski definition) is 0. The van der Waals surface area contributed by atoms with Crippen LogP contribution in [0.5, 0.6) is 0 Å². The molecule has 1 aliphatic heterocycles. The summed E-state index contributed by atoms with van der Waals surface area (Å²) in [6.07, 6.45) is 4.84. The van der Waals surface area contributed by atoms with E-state index in [1.807, 2.05) is 12.4 Å².